The third-order valence-electron chi connectivity index (χ3n) is 5.06. The maximum Gasteiger partial charge on any atom is 0.408 e. The van der Waals surface area contributed by atoms with Crippen LogP contribution in [0.2, 0.25) is 15.1 Å². The van der Waals surface area contributed by atoms with Gasteiger partial charge in [-0.1, -0.05) is 34.8 Å². The van der Waals surface area contributed by atoms with E-state index in [-0.39, 0.29) is 12.2 Å². The lowest BCUT2D eigenvalue weighted by Gasteiger charge is -2.42. The van der Waals surface area contributed by atoms with Crippen molar-refractivity contribution >= 4 is 46.9 Å². The Morgan fingerprint density at radius 1 is 1.16 bits per heavy atom. The van der Waals surface area contributed by atoms with Gasteiger partial charge in [0, 0.05) is 22.3 Å². The average molecular weight is 488 g/mol. The van der Waals surface area contributed by atoms with Gasteiger partial charge in [0.15, 0.2) is 0 Å². The van der Waals surface area contributed by atoms with Crippen LogP contribution in [0, 0.1) is 0 Å². The number of alkyl carbamates (subject to hydrolysis) is 1. The molecule has 1 amide bonds. The van der Waals surface area contributed by atoms with Gasteiger partial charge in [0.25, 0.3) is 0 Å². The summed E-state index contributed by atoms with van der Waals surface area (Å²) in [6.07, 6.45) is 3.26. The molecule has 31 heavy (non-hydrogen) atoms. The normalized spacial score (nSPS) is 15.2. The van der Waals surface area contributed by atoms with E-state index in [0.717, 1.165) is 6.42 Å². The van der Waals surface area contributed by atoms with Crippen molar-refractivity contribution in [2.24, 2.45) is 0 Å². The first-order chi connectivity index (χ1) is 14.5. The molecule has 1 aromatic carbocycles. The Bertz CT molecular complexity index is 984. The van der Waals surface area contributed by atoms with Crippen molar-refractivity contribution in [2.45, 2.75) is 58.1 Å². The summed E-state index contributed by atoms with van der Waals surface area (Å²) in [5, 5.41) is 3.94. The molecule has 0 radical (unpaired) electrons. The minimum atomic E-state index is -0.784. The molecule has 3 rings (SSSR count). The molecule has 0 aliphatic heterocycles. The van der Waals surface area contributed by atoms with Gasteiger partial charge in [-0.05, 0) is 59.1 Å². The molecule has 6 nitrogen and oxygen atoms in total. The van der Waals surface area contributed by atoms with Crippen molar-refractivity contribution in [1.82, 2.24) is 10.3 Å². The zero-order chi connectivity index (χ0) is 23.0. The van der Waals surface area contributed by atoms with Gasteiger partial charge in [-0.3, -0.25) is 0 Å². The summed E-state index contributed by atoms with van der Waals surface area (Å²) in [5.74, 6) is -0.534. The first-order valence-electron chi connectivity index (χ1n) is 10.0. The van der Waals surface area contributed by atoms with E-state index in [0.29, 0.717) is 44.7 Å². The van der Waals surface area contributed by atoms with Gasteiger partial charge >= 0.3 is 12.1 Å². The molecular formula is C22H25Cl3N2O4. The van der Waals surface area contributed by atoms with Gasteiger partial charge < -0.3 is 19.8 Å². The molecule has 1 heterocycles. The zero-order valence-corrected chi connectivity index (χ0v) is 20.1. The highest BCUT2D eigenvalue weighted by Crippen LogP contribution is 2.47. The maximum atomic E-state index is 13.0. The first-order valence-corrected chi connectivity index (χ1v) is 11.2. The first kappa shape index (κ1) is 23.8. The third kappa shape index (κ3) is 4.97. The molecule has 0 spiro atoms. The summed E-state index contributed by atoms with van der Waals surface area (Å²) in [6, 6.07) is 3.12. The van der Waals surface area contributed by atoms with Crippen LogP contribution in [0.15, 0.2) is 18.3 Å². The Balaban J connectivity index is 2.11. The van der Waals surface area contributed by atoms with Crippen LogP contribution in [0.4, 0.5) is 4.79 Å². The third-order valence-corrected chi connectivity index (χ3v) is 5.88. The van der Waals surface area contributed by atoms with Crippen LogP contribution in [0.3, 0.4) is 0 Å². The second-order valence-corrected chi connectivity index (χ2v) is 9.73. The summed E-state index contributed by atoms with van der Waals surface area (Å²) < 4.78 is 10.8. The number of amides is 1. The number of hydrogen-bond donors (Lipinski definition) is 2. The van der Waals surface area contributed by atoms with Crippen molar-refractivity contribution in [3.8, 4) is 11.1 Å². The number of rotatable bonds is 5. The molecule has 2 N–H and O–H groups in total. The van der Waals surface area contributed by atoms with Crippen molar-refractivity contribution in [2.75, 3.05) is 6.61 Å². The fourth-order valence-electron chi connectivity index (χ4n) is 3.68. The topological polar surface area (TPSA) is 80.4 Å². The summed E-state index contributed by atoms with van der Waals surface area (Å²) >= 11 is 18.9. The lowest BCUT2D eigenvalue weighted by Crippen LogP contribution is -2.53. The van der Waals surface area contributed by atoms with Crippen LogP contribution < -0.4 is 5.32 Å². The summed E-state index contributed by atoms with van der Waals surface area (Å²) in [6.45, 7) is 7.30. The second kappa shape index (κ2) is 8.93. The molecule has 1 aromatic heterocycles. The number of hydrogen-bond acceptors (Lipinski definition) is 4. The lowest BCUT2D eigenvalue weighted by atomic mass is 9.73. The number of aromatic nitrogens is 1. The number of ether oxygens (including phenoxy) is 2. The molecular weight excluding hydrogens is 463 g/mol. The zero-order valence-electron chi connectivity index (χ0n) is 17.8. The average Bonchev–Trinajstić information content (AvgIpc) is 3.00. The number of carbonyl (C=O) groups is 2. The highest BCUT2D eigenvalue weighted by Gasteiger charge is 2.46. The fraction of sp³-hybridized carbons (Fsp3) is 0.455. The minimum Gasteiger partial charge on any atom is -0.462 e. The maximum absolute atomic E-state index is 13.0. The van der Waals surface area contributed by atoms with Gasteiger partial charge in [0.05, 0.1) is 33.4 Å². The molecule has 2 aromatic rings. The Hall–Kier alpha value is -1.89. The van der Waals surface area contributed by atoms with Gasteiger partial charge in [-0.15, -0.1) is 0 Å². The Morgan fingerprint density at radius 2 is 1.77 bits per heavy atom. The molecule has 1 saturated carbocycles. The molecule has 1 aliphatic carbocycles. The molecule has 1 fully saturated rings. The predicted octanol–water partition coefficient (Wildman–Crippen LogP) is 6.72. The number of benzene rings is 1. The van der Waals surface area contributed by atoms with Crippen LogP contribution in [-0.2, 0) is 15.0 Å². The lowest BCUT2D eigenvalue weighted by molar-refractivity contribution is 0.0359. The van der Waals surface area contributed by atoms with E-state index in [9.17, 15) is 9.59 Å². The Labute approximate surface area is 196 Å². The van der Waals surface area contributed by atoms with Gasteiger partial charge in [0.2, 0.25) is 0 Å². The molecule has 0 unspecified atom stereocenters. The fourth-order valence-corrected chi connectivity index (χ4v) is 4.70. The van der Waals surface area contributed by atoms with Gasteiger partial charge in [-0.2, -0.15) is 0 Å². The molecule has 0 saturated heterocycles. The molecule has 0 bridgehead atoms. The quantitative estimate of drug-likeness (QED) is 0.459. The predicted molar refractivity (Wildman–Crippen MR) is 122 cm³/mol. The SMILES string of the molecule is CCOC(=O)c1c(-c2c(Cl)cc(Cl)cc2Cl)c[nH]c1C1(NC(=O)OC(C)(C)C)CCC1. The van der Waals surface area contributed by atoms with E-state index in [2.05, 4.69) is 10.3 Å². The van der Waals surface area contributed by atoms with Crippen molar-refractivity contribution in [3.63, 3.8) is 0 Å². The molecule has 9 heteroatoms. The highest BCUT2D eigenvalue weighted by atomic mass is 35.5. The Morgan fingerprint density at radius 3 is 2.26 bits per heavy atom. The van der Waals surface area contributed by atoms with E-state index in [1.165, 1.54) is 0 Å². The number of halogens is 3. The summed E-state index contributed by atoms with van der Waals surface area (Å²) in [5.41, 5.74) is 0.337. The molecule has 0 atom stereocenters. The second-order valence-electron chi connectivity index (χ2n) is 8.48. The largest absolute Gasteiger partial charge is 0.462 e. The van der Waals surface area contributed by atoms with Gasteiger partial charge in [-0.25, -0.2) is 9.59 Å². The van der Waals surface area contributed by atoms with Crippen molar-refractivity contribution in [1.29, 1.82) is 0 Å². The Kier molecular flexibility index (Phi) is 6.84. The van der Waals surface area contributed by atoms with E-state index >= 15 is 0 Å². The van der Waals surface area contributed by atoms with Crippen molar-refractivity contribution < 1.29 is 19.1 Å². The number of aromatic amines is 1. The van der Waals surface area contributed by atoms with E-state index in [1.807, 2.05) is 0 Å². The molecule has 1 aliphatic rings. The molecule has 168 valence electrons. The van der Waals surface area contributed by atoms with E-state index in [1.54, 1.807) is 46.0 Å². The smallest absolute Gasteiger partial charge is 0.408 e. The number of carbonyl (C=O) groups excluding carboxylic acids is 2. The highest BCUT2D eigenvalue weighted by molar-refractivity contribution is 6.42. The van der Waals surface area contributed by atoms with Crippen molar-refractivity contribution in [3.05, 3.63) is 44.7 Å². The van der Waals surface area contributed by atoms with Crippen LogP contribution in [0.1, 0.15) is 63.0 Å². The van der Waals surface area contributed by atoms with Crippen LogP contribution in [0.25, 0.3) is 11.1 Å². The number of esters is 1. The van der Waals surface area contributed by atoms with Crippen LogP contribution in [0.5, 0.6) is 0 Å². The van der Waals surface area contributed by atoms with Crippen LogP contribution >= 0.6 is 34.8 Å². The van der Waals surface area contributed by atoms with E-state index < -0.39 is 23.2 Å². The standard InChI is InChI=1S/C22H25Cl3N2O4/c1-5-30-19(28)17-13(16-14(24)9-12(23)10-15(16)25)11-26-18(17)22(7-6-8-22)27-20(29)31-21(2,3)4/h9-11,26H,5-8H2,1-4H3,(H,27,29). The summed E-state index contributed by atoms with van der Waals surface area (Å²) in [7, 11) is 0. The van der Waals surface area contributed by atoms with E-state index in [4.69, 9.17) is 44.3 Å². The number of H-pyrrole nitrogens is 1. The minimum absolute atomic E-state index is 0.192. The number of nitrogens with one attached hydrogen (secondary N) is 2. The monoisotopic (exact) mass is 486 g/mol. The van der Waals surface area contributed by atoms with Gasteiger partial charge in [0.1, 0.15) is 5.60 Å². The summed E-state index contributed by atoms with van der Waals surface area (Å²) in [4.78, 5) is 28.7. The van der Waals surface area contributed by atoms with Crippen LogP contribution in [-0.4, -0.2) is 29.3 Å².